The molecule has 1 N–H and O–H groups in total. The molecular weight excluding hydrogens is 368 g/mol. The molecule has 3 aromatic rings. The molecule has 0 spiro atoms. The van der Waals surface area contributed by atoms with Crippen LogP contribution in [0.15, 0.2) is 30.3 Å². The highest BCUT2D eigenvalue weighted by Gasteiger charge is 2.17. The molecule has 2 aromatic heterocycles. The zero-order valence-corrected chi connectivity index (χ0v) is 17.8. The standard InChI is InChI=1S/C21H28N6S/c1-16-13-17(2)27-20(22-16)23-26(21(27)28)15-24(3)14-18-9-5-6-10-19(18)25-11-7-4-8-12-25/h5-6,9-10,13H,4,7-8,11-12,14-15H2,1-3H3/p+1. The van der Waals surface area contributed by atoms with E-state index in [1.165, 1.54) is 35.4 Å². The second kappa shape index (κ2) is 8.01. The van der Waals surface area contributed by atoms with E-state index in [1.54, 1.807) is 0 Å². The first kappa shape index (κ1) is 19.1. The van der Waals surface area contributed by atoms with Crippen molar-refractivity contribution in [3.05, 3.63) is 52.1 Å². The second-order valence-electron chi connectivity index (χ2n) is 7.92. The number of hydrogen-bond acceptors (Lipinski definition) is 4. The lowest BCUT2D eigenvalue weighted by atomic mass is 10.1. The van der Waals surface area contributed by atoms with Crippen molar-refractivity contribution in [3.63, 3.8) is 0 Å². The molecule has 1 aliphatic rings. The number of anilines is 1. The van der Waals surface area contributed by atoms with Gasteiger partial charge >= 0.3 is 0 Å². The van der Waals surface area contributed by atoms with Crippen molar-refractivity contribution in [2.24, 2.45) is 0 Å². The average Bonchev–Trinajstić information content (AvgIpc) is 2.98. The Hall–Kier alpha value is -2.25. The maximum Gasteiger partial charge on any atom is 0.254 e. The Bertz CT molecular complexity index is 1030. The van der Waals surface area contributed by atoms with E-state index in [9.17, 15) is 0 Å². The predicted molar refractivity (Wildman–Crippen MR) is 114 cm³/mol. The Morgan fingerprint density at radius 1 is 1.11 bits per heavy atom. The van der Waals surface area contributed by atoms with Gasteiger partial charge in [0.05, 0.1) is 7.05 Å². The molecule has 0 amide bonds. The molecule has 1 atom stereocenters. The van der Waals surface area contributed by atoms with Crippen LogP contribution in [0.4, 0.5) is 5.69 Å². The van der Waals surface area contributed by atoms with Crippen LogP contribution in [-0.4, -0.2) is 39.3 Å². The Morgan fingerprint density at radius 2 is 1.86 bits per heavy atom. The quantitative estimate of drug-likeness (QED) is 0.672. The van der Waals surface area contributed by atoms with Crippen molar-refractivity contribution in [3.8, 4) is 0 Å². The van der Waals surface area contributed by atoms with Crippen LogP contribution in [0.1, 0.15) is 36.2 Å². The van der Waals surface area contributed by atoms with Crippen molar-refractivity contribution in [1.82, 2.24) is 19.2 Å². The van der Waals surface area contributed by atoms with Crippen LogP contribution in [0.3, 0.4) is 0 Å². The number of rotatable bonds is 5. The Kier molecular flexibility index (Phi) is 5.46. The molecule has 0 bridgehead atoms. The highest BCUT2D eigenvalue weighted by molar-refractivity contribution is 7.71. The summed E-state index contributed by atoms with van der Waals surface area (Å²) in [6.45, 7) is 8.03. The summed E-state index contributed by atoms with van der Waals surface area (Å²) < 4.78 is 4.57. The first-order valence-electron chi connectivity index (χ1n) is 10.1. The molecule has 1 fully saturated rings. The molecule has 3 heterocycles. The van der Waals surface area contributed by atoms with Gasteiger partial charge in [-0.3, -0.25) is 4.40 Å². The number of benzene rings is 1. The van der Waals surface area contributed by atoms with Gasteiger partial charge in [0.15, 0.2) is 6.67 Å². The van der Waals surface area contributed by atoms with Gasteiger partial charge < -0.3 is 9.80 Å². The molecule has 7 heteroatoms. The summed E-state index contributed by atoms with van der Waals surface area (Å²) in [5, 5.41) is 4.66. The predicted octanol–water partition coefficient (Wildman–Crippen LogP) is 2.54. The van der Waals surface area contributed by atoms with E-state index < -0.39 is 0 Å². The van der Waals surface area contributed by atoms with Crippen molar-refractivity contribution < 1.29 is 4.90 Å². The van der Waals surface area contributed by atoms with Gasteiger partial charge in [0.1, 0.15) is 6.54 Å². The molecule has 4 rings (SSSR count). The first-order valence-corrected chi connectivity index (χ1v) is 10.5. The average molecular weight is 398 g/mol. The van der Waals surface area contributed by atoms with Crippen LogP contribution in [0, 0.1) is 18.6 Å². The van der Waals surface area contributed by atoms with Crippen molar-refractivity contribution in [1.29, 1.82) is 0 Å². The lowest BCUT2D eigenvalue weighted by molar-refractivity contribution is -0.917. The number of para-hydroxylation sites is 1. The fraction of sp³-hybridized carbons (Fsp3) is 0.476. The minimum Gasteiger partial charge on any atom is -0.371 e. The summed E-state index contributed by atoms with van der Waals surface area (Å²) in [6, 6.07) is 10.9. The number of hydrogen-bond donors (Lipinski definition) is 1. The van der Waals surface area contributed by atoms with Crippen molar-refractivity contribution >= 4 is 23.7 Å². The summed E-state index contributed by atoms with van der Waals surface area (Å²) in [5.41, 5.74) is 4.82. The molecule has 28 heavy (non-hydrogen) atoms. The fourth-order valence-electron chi connectivity index (χ4n) is 4.18. The van der Waals surface area contributed by atoms with Gasteiger partial charge in [-0.2, -0.15) is 4.68 Å². The number of quaternary nitrogens is 1. The number of piperidine rings is 1. The zero-order chi connectivity index (χ0) is 19.7. The summed E-state index contributed by atoms with van der Waals surface area (Å²) >= 11 is 5.67. The lowest BCUT2D eigenvalue weighted by Crippen LogP contribution is -3.07. The van der Waals surface area contributed by atoms with Crippen LogP contribution in [0.2, 0.25) is 0 Å². The minimum absolute atomic E-state index is 0.684. The number of fused-ring (bicyclic) bond motifs is 1. The molecule has 6 nitrogen and oxygen atoms in total. The molecule has 1 aliphatic heterocycles. The number of aromatic nitrogens is 4. The highest BCUT2D eigenvalue weighted by atomic mass is 32.1. The SMILES string of the molecule is Cc1cc(C)n2c(=S)n(C[NH+](C)Cc3ccccc3N3CCCCC3)nc2n1. The maximum atomic E-state index is 5.67. The third-order valence-corrected chi connectivity index (χ3v) is 5.86. The Balaban J connectivity index is 1.55. The third-order valence-electron chi connectivity index (χ3n) is 5.47. The minimum atomic E-state index is 0.684. The van der Waals surface area contributed by atoms with Crippen molar-refractivity contribution in [2.75, 3.05) is 25.0 Å². The largest absolute Gasteiger partial charge is 0.371 e. The summed E-state index contributed by atoms with van der Waals surface area (Å²) in [7, 11) is 2.20. The van der Waals surface area contributed by atoms with E-state index in [0.717, 1.165) is 37.7 Å². The van der Waals surface area contributed by atoms with E-state index in [0.29, 0.717) is 10.5 Å². The molecule has 0 aliphatic carbocycles. The lowest BCUT2D eigenvalue weighted by Gasteiger charge is -2.31. The topological polar surface area (TPSA) is 42.8 Å². The van der Waals surface area contributed by atoms with E-state index >= 15 is 0 Å². The van der Waals surface area contributed by atoms with E-state index in [-0.39, 0.29) is 0 Å². The molecular formula is C21H29N6S+. The van der Waals surface area contributed by atoms with E-state index in [2.05, 4.69) is 53.2 Å². The summed E-state index contributed by atoms with van der Waals surface area (Å²) in [6.07, 6.45) is 3.93. The summed E-state index contributed by atoms with van der Waals surface area (Å²) in [4.78, 5) is 8.42. The van der Waals surface area contributed by atoms with Gasteiger partial charge in [0, 0.05) is 35.7 Å². The molecule has 1 saturated heterocycles. The van der Waals surface area contributed by atoms with Crippen LogP contribution in [0.5, 0.6) is 0 Å². The van der Waals surface area contributed by atoms with E-state index in [1.807, 2.05) is 22.1 Å². The smallest absolute Gasteiger partial charge is 0.254 e. The van der Waals surface area contributed by atoms with Gasteiger partial charge in [-0.15, -0.1) is 5.10 Å². The Morgan fingerprint density at radius 3 is 2.64 bits per heavy atom. The van der Waals surface area contributed by atoms with Crippen LogP contribution in [0.25, 0.3) is 5.78 Å². The van der Waals surface area contributed by atoms with Gasteiger partial charge in [-0.05, 0) is 57.5 Å². The highest BCUT2D eigenvalue weighted by Crippen LogP contribution is 2.23. The molecule has 1 unspecified atom stereocenters. The Labute approximate surface area is 171 Å². The maximum absolute atomic E-state index is 5.67. The number of aryl methyl sites for hydroxylation is 2. The number of nitrogens with one attached hydrogen (secondary N) is 1. The third kappa shape index (κ3) is 3.82. The number of nitrogens with zero attached hydrogens (tertiary/aromatic N) is 5. The van der Waals surface area contributed by atoms with Gasteiger partial charge in [0.2, 0.25) is 4.77 Å². The summed E-state index contributed by atoms with van der Waals surface area (Å²) in [5.74, 6) is 0.684. The first-order chi connectivity index (χ1) is 13.5. The molecule has 1 aromatic carbocycles. The molecule has 148 valence electrons. The van der Waals surface area contributed by atoms with Gasteiger partial charge in [-0.1, -0.05) is 18.2 Å². The molecule has 0 radical (unpaired) electrons. The van der Waals surface area contributed by atoms with E-state index in [4.69, 9.17) is 12.2 Å². The normalized spacial score (nSPS) is 15.9. The van der Waals surface area contributed by atoms with Crippen LogP contribution >= 0.6 is 12.2 Å². The zero-order valence-electron chi connectivity index (χ0n) is 17.0. The monoisotopic (exact) mass is 397 g/mol. The van der Waals surface area contributed by atoms with Crippen molar-refractivity contribution in [2.45, 2.75) is 46.3 Å². The fourth-order valence-corrected chi connectivity index (χ4v) is 4.51. The van der Waals surface area contributed by atoms with Crippen LogP contribution < -0.4 is 9.80 Å². The van der Waals surface area contributed by atoms with Crippen LogP contribution in [-0.2, 0) is 13.2 Å². The van der Waals surface area contributed by atoms with Gasteiger partial charge in [0.25, 0.3) is 5.78 Å². The van der Waals surface area contributed by atoms with Gasteiger partial charge in [-0.25, -0.2) is 4.98 Å². The molecule has 0 saturated carbocycles. The second-order valence-corrected chi connectivity index (χ2v) is 8.29.